The lowest BCUT2D eigenvalue weighted by atomic mass is 9.86. The molecular formula is C19H34N2O2. The molecule has 1 saturated carbocycles. The number of hydrogen-bond donors (Lipinski definition) is 1. The SMILES string of the molecule is CC1CCN(C[C@]2(O)CCCN(CC3CCCCC3)C2=O)CC1. The van der Waals surface area contributed by atoms with E-state index in [2.05, 4.69) is 11.8 Å². The van der Waals surface area contributed by atoms with Gasteiger partial charge in [-0.25, -0.2) is 0 Å². The van der Waals surface area contributed by atoms with Crippen molar-refractivity contribution in [1.29, 1.82) is 0 Å². The molecule has 1 atom stereocenters. The van der Waals surface area contributed by atoms with Crippen molar-refractivity contribution < 1.29 is 9.90 Å². The molecule has 2 aliphatic heterocycles. The fourth-order valence-corrected chi connectivity index (χ4v) is 4.66. The van der Waals surface area contributed by atoms with E-state index in [0.29, 0.717) is 18.9 Å². The maximum Gasteiger partial charge on any atom is 0.255 e. The second-order valence-electron chi connectivity index (χ2n) is 8.35. The van der Waals surface area contributed by atoms with Crippen molar-refractivity contribution in [1.82, 2.24) is 9.80 Å². The van der Waals surface area contributed by atoms with Gasteiger partial charge in [0.1, 0.15) is 0 Å². The molecule has 0 spiro atoms. The average molecular weight is 322 g/mol. The zero-order valence-electron chi connectivity index (χ0n) is 14.8. The second kappa shape index (κ2) is 7.52. The normalized spacial score (nSPS) is 32.4. The predicted octanol–water partition coefficient (Wildman–Crippen LogP) is 2.65. The summed E-state index contributed by atoms with van der Waals surface area (Å²) >= 11 is 0. The van der Waals surface area contributed by atoms with Gasteiger partial charge in [-0.05, 0) is 63.5 Å². The first-order valence-electron chi connectivity index (χ1n) is 9.81. The summed E-state index contributed by atoms with van der Waals surface area (Å²) in [7, 11) is 0. The molecule has 2 saturated heterocycles. The summed E-state index contributed by atoms with van der Waals surface area (Å²) in [5.41, 5.74) is -1.13. The Hall–Kier alpha value is -0.610. The number of rotatable bonds is 4. The molecule has 1 aliphatic carbocycles. The van der Waals surface area contributed by atoms with E-state index in [1.54, 1.807) is 0 Å². The Kier molecular flexibility index (Phi) is 5.63. The van der Waals surface area contributed by atoms with E-state index in [1.165, 1.54) is 44.9 Å². The van der Waals surface area contributed by atoms with Gasteiger partial charge in [-0.3, -0.25) is 9.69 Å². The van der Waals surface area contributed by atoms with Gasteiger partial charge < -0.3 is 10.0 Å². The first-order chi connectivity index (χ1) is 11.1. The molecule has 3 rings (SSSR count). The monoisotopic (exact) mass is 322 g/mol. The highest BCUT2D eigenvalue weighted by Crippen LogP contribution is 2.30. The number of carbonyl (C=O) groups excluding carboxylic acids is 1. The summed E-state index contributed by atoms with van der Waals surface area (Å²) in [5.74, 6) is 1.45. The maximum atomic E-state index is 12.9. The summed E-state index contributed by atoms with van der Waals surface area (Å²) in [6.45, 7) is 6.61. The second-order valence-corrected chi connectivity index (χ2v) is 8.35. The standard InChI is InChI=1S/C19H34N2O2/c1-16-8-12-20(13-9-16)15-19(23)10-5-11-21(18(19)22)14-17-6-3-2-4-7-17/h16-17,23H,2-15H2,1H3/t19-/m1/s1. The molecule has 1 N–H and O–H groups in total. The number of likely N-dealkylation sites (tertiary alicyclic amines) is 2. The lowest BCUT2D eigenvalue weighted by Crippen LogP contribution is -2.59. The minimum atomic E-state index is -1.13. The smallest absolute Gasteiger partial charge is 0.255 e. The van der Waals surface area contributed by atoms with Gasteiger partial charge in [0.05, 0.1) is 0 Å². The van der Waals surface area contributed by atoms with Gasteiger partial charge in [-0.15, -0.1) is 0 Å². The number of aliphatic hydroxyl groups is 1. The Balaban J connectivity index is 1.56. The summed E-state index contributed by atoms with van der Waals surface area (Å²) in [6, 6.07) is 0. The van der Waals surface area contributed by atoms with Gasteiger partial charge in [-0.1, -0.05) is 26.2 Å². The van der Waals surface area contributed by atoms with Gasteiger partial charge in [-0.2, -0.15) is 0 Å². The molecule has 4 heteroatoms. The fraction of sp³-hybridized carbons (Fsp3) is 0.947. The van der Waals surface area contributed by atoms with E-state index in [1.807, 2.05) is 4.90 Å². The van der Waals surface area contributed by atoms with E-state index >= 15 is 0 Å². The topological polar surface area (TPSA) is 43.8 Å². The van der Waals surface area contributed by atoms with Crippen molar-refractivity contribution >= 4 is 5.91 Å². The molecule has 0 aromatic carbocycles. The minimum absolute atomic E-state index is 0.00736. The van der Waals surface area contributed by atoms with Crippen molar-refractivity contribution in [2.45, 2.75) is 70.3 Å². The number of amides is 1. The molecule has 4 nitrogen and oxygen atoms in total. The summed E-state index contributed by atoms with van der Waals surface area (Å²) in [5, 5.41) is 11.0. The van der Waals surface area contributed by atoms with E-state index in [4.69, 9.17) is 0 Å². The highest BCUT2D eigenvalue weighted by Gasteiger charge is 2.44. The van der Waals surface area contributed by atoms with Crippen molar-refractivity contribution in [2.24, 2.45) is 11.8 Å². The summed E-state index contributed by atoms with van der Waals surface area (Å²) in [4.78, 5) is 17.2. The first-order valence-corrected chi connectivity index (χ1v) is 9.81. The first kappa shape index (κ1) is 17.2. The molecule has 2 heterocycles. The Morgan fingerprint density at radius 1 is 1.04 bits per heavy atom. The quantitative estimate of drug-likeness (QED) is 0.865. The third-order valence-electron chi connectivity index (χ3n) is 6.27. The van der Waals surface area contributed by atoms with Crippen LogP contribution in [0.1, 0.15) is 64.7 Å². The number of nitrogens with zero attached hydrogens (tertiary/aromatic N) is 2. The molecular weight excluding hydrogens is 288 g/mol. The lowest BCUT2D eigenvalue weighted by molar-refractivity contribution is -0.160. The van der Waals surface area contributed by atoms with E-state index in [9.17, 15) is 9.90 Å². The fourth-order valence-electron chi connectivity index (χ4n) is 4.66. The minimum Gasteiger partial charge on any atom is -0.379 e. The molecule has 132 valence electrons. The average Bonchev–Trinajstić information content (AvgIpc) is 2.55. The maximum absolute atomic E-state index is 12.9. The zero-order valence-corrected chi connectivity index (χ0v) is 14.8. The van der Waals surface area contributed by atoms with Crippen LogP contribution >= 0.6 is 0 Å². The molecule has 0 bridgehead atoms. The van der Waals surface area contributed by atoms with Crippen LogP contribution in [0.2, 0.25) is 0 Å². The van der Waals surface area contributed by atoms with Gasteiger partial charge >= 0.3 is 0 Å². The molecule has 3 fully saturated rings. The highest BCUT2D eigenvalue weighted by atomic mass is 16.3. The molecule has 23 heavy (non-hydrogen) atoms. The van der Waals surface area contributed by atoms with Crippen LogP contribution in [-0.4, -0.2) is 59.1 Å². The van der Waals surface area contributed by atoms with Gasteiger partial charge in [0.2, 0.25) is 0 Å². The Bertz CT molecular complexity index is 400. The number of β-amino-alcohol motifs (C(OH)–C–C–N with tert-alkyl or cyclic N) is 1. The van der Waals surface area contributed by atoms with Crippen LogP contribution in [0.25, 0.3) is 0 Å². The van der Waals surface area contributed by atoms with Crippen molar-refractivity contribution in [3.8, 4) is 0 Å². The Morgan fingerprint density at radius 3 is 2.43 bits per heavy atom. The third kappa shape index (κ3) is 4.27. The molecule has 0 unspecified atom stereocenters. The molecule has 0 aromatic rings. The van der Waals surface area contributed by atoms with Crippen LogP contribution in [0.4, 0.5) is 0 Å². The van der Waals surface area contributed by atoms with E-state index < -0.39 is 5.60 Å². The van der Waals surface area contributed by atoms with Gasteiger partial charge in [0.25, 0.3) is 5.91 Å². The highest BCUT2D eigenvalue weighted by molar-refractivity contribution is 5.86. The van der Waals surface area contributed by atoms with E-state index in [0.717, 1.165) is 38.5 Å². The van der Waals surface area contributed by atoms with Crippen molar-refractivity contribution in [2.75, 3.05) is 32.7 Å². The van der Waals surface area contributed by atoms with Crippen molar-refractivity contribution in [3.05, 3.63) is 0 Å². The molecule has 3 aliphatic rings. The van der Waals surface area contributed by atoms with E-state index in [-0.39, 0.29) is 5.91 Å². The lowest BCUT2D eigenvalue weighted by Gasteiger charge is -2.43. The van der Waals surface area contributed by atoms with Gasteiger partial charge in [0, 0.05) is 19.6 Å². The van der Waals surface area contributed by atoms with Crippen LogP contribution in [0.3, 0.4) is 0 Å². The predicted molar refractivity (Wildman–Crippen MR) is 92.2 cm³/mol. The summed E-state index contributed by atoms with van der Waals surface area (Å²) in [6.07, 6.45) is 10.4. The number of carbonyl (C=O) groups is 1. The van der Waals surface area contributed by atoms with Gasteiger partial charge in [0.15, 0.2) is 5.60 Å². The number of piperidine rings is 2. The largest absolute Gasteiger partial charge is 0.379 e. The van der Waals surface area contributed by atoms with Crippen LogP contribution in [-0.2, 0) is 4.79 Å². The zero-order chi connectivity index (χ0) is 16.3. The molecule has 0 radical (unpaired) electrons. The van der Waals surface area contributed by atoms with Crippen LogP contribution in [0.5, 0.6) is 0 Å². The number of hydrogen-bond acceptors (Lipinski definition) is 3. The van der Waals surface area contributed by atoms with Crippen molar-refractivity contribution in [3.63, 3.8) is 0 Å². The summed E-state index contributed by atoms with van der Waals surface area (Å²) < 4.78 is 0. The van der Waals surface area contributed by atoms with Crippen LogP contribution < -0.4 is 0 Å². The Morgan fingerprint density at radius 2 is 1.74 bits per heavy atom. The third-order valence-corrected chi connectivity index (χ3v) is 6.27. The van der Waals surface area contributed by atoms with Crippen LogP contribution in [0, 0.1) is 11.8 Å². The van der Waals surface area contributed by atoms with Crippen LogP contribution in [0.15, 0.2) is 0 Å². The molecule has 1 amide bonds. The molecule has 0 aromatic heterocycles. The Labute approximate surface area is 141 Å².